The lowest BCUT2D eigenvalue weighted by Crippen LogP contribution is -2.60. The summed E-state index contributed by atoms with van der Waals surface area (Å²) in [6.45, 7) is 1.44. The zero-order chi connectivity index (χ0) is 24.9. The van der Waals surface area contributed by atoms with Gasteiger partial charge in [0.1, 0.15) is 23.0 Å². The Morgan fingerprint density at radius 3 is 2.26 bits per heavy atom. The number of fused-ring (bicyclic) bond motifs is 1. The summed E-state index contributed by atoms with van der Waals surface area (Å²) in [5.74, 6) is -9.22. The monoisotopic (exact) mass is 545 g/mol. The first kappa shape index (κ1) is 24.1. The van der Waals surface area contributed by atoms with Gasteiger partial charge in [0.2, 0.25) is 0 Å². The van der Waals surface area contributed by atoms with Crippen molar-refractivity contribution >= 4 is 33.4 Å². The van der Waals surface area contributed by atoms with Crippen molar-refractivity contribution < 1.29 is 36.6 Å². The van der Waals surface area contributed by atoms with Crippen molar-refractivity contribution in [2.75, 3.05) is 11.9 Å². The van der Waals surface area contributed by atoms with Crippen LogP contribution in [0.5, 0.6) is 0 Å². The van der Waals surface area contributed by atoms with E-state index in [2.05, 4.69) is 21.2 Å². The lowest BCUT2D eigenvalue weighted by Gasteiger charge is -2.46. The molecule has 180 valence electrons. The van der Waals surface area contributed by atoms with E-state index in [9.17, 15) is 36.6 Å². The zero-order valence-corrected chi connectivity index (χ0v) is 19.1. The van der Waals surface area contributed by atoms with Crippen LogP contribution in [0.1, 0.15) is 25.3 Å². The van der Waals surface area contributed by atoms with Crippen LogP contribution in [-0.4, -0.2) is 39.0 Å². The second-order valence-electron chi connectivity index (χ2n) is 8.17. The van der Waals surface area contributed by atoms with Gasteiger partial charge < -0.3 is 10.4 Å². The third-order valence-corrected chi connectivity index (χ3v) is 6.69. The molecule has 2 amide bonds. The molecule has 2 aromatic rings. The summed E-state index contributed by atoms with van der Waals surface area (Å²) in [6.07, 6.45) is 0.863. The highest BCUT2D eigenvalue weighted by Crippen LogP contribution is 2.42. The number of amides is 2. The molecule has 0 spiro atoms. The summed E-state index contributed by atoms with van der Waals surface area (Å²) < 4.78 is 68.1. The molecule has 1 atom stereocenters. The van der Waals surface area contributed by atoms with Crippen LogP contribution in [0.3, 0.4) is 0 Å². The largest absolute Gasteiger partial charge is 0.509 e. The highest BCUT2D eigenvalue weighted by atomic mass is 79.9. The molecule has 2 N–H and O–H groups in total. The van der Waals surface area contributed by atoms with Crippen LogP contribution in [0.25, 0.3) is 0 Å². The second kappa shape index (κ2) is 8.66. The van der Waals surface area contributed by atoms with Crippen LogP contribution in [0.2, 0.25) is 0 Å². The van der Waals surface area contributed by atoms with Gasteiger partial charge >= 0.3 is 0 Å². The predicted octanol–water partition coefficient (Wildman–Crippen LogP) is 4.71. The first-order valence-corrected chi connectivity index (χ1v) is 10.9. The molecule has 1 saturated heterocycles. The number of benzene rings is 2. The van der Waals surface area contributed by atoms with E-state index < -0.39 is 68.8 Å². The van der Waals surface area contributed by atoms with Gasteiger partial charge in [0.25, 0.3) is 11.8 Å². The Labute approximate surface area is 198 Å². The molecule has 2 aliphatic heterocycles. The summed E-state index contributed by atoms with van der Waals surface area (Å²) in [5.41, 5.74) is -2.28. The number of carbonyl (C=O) groups excluding carboxylic acids is 2. The summed E-state index contributed by atoms with van der Waals surface area (Å²) in [6, 6.07) is 3.09. The lowest BCUT2D eigenvalue weighted by atomic mass is 9.90. The second-order valence-corrected chi connectivity index (χ2v) is 8.96. The van der Waals surface area contributed by atoms with E-state index in [0.29, 0.717) is 12.8 Å². The van der Waals surface area contributed by atoms with Crippen molar-refractivity contribution in [1.82, 2.24) is 10.0 Å². The number of hydrazine groups is 1. The maximum atomic E-state index is 13.9. The molecule has 1 fully saturated rings. The molecular formula is C22H17BrF5N3O3. The Hall–Kier alpha value is -2.99. The highest BCUT2D eigenvalue weighted by molar-refractivity contribution is 9.10. The van der Waals surface area contributed by atoms with E-state index in [0.717, 1.165) is 29.3 Å². The molecule has 6 nitrogen and oxygen atoms in total. The fraction of sp³-hybridized carbons (Fsp3) is 0.273. The number of carbonyl (C=O) groups is 2. The molecule has 0 aromatic heterocycles. The first-order valence-electron chi connectivity index (χ1n) is 10.1. The van der Waals surface area contributed by atoms with Gasteiger partial charge in [-0.25, -0.2) is 27.0 Å². The average molecular weight is 546 g/mol. The molecule has 0 unspecified atom stereocenters. The number of nitrogens with zero attached hydrogens (tertiary/aromatic N) is 2. The van der Waals surface area contributed by atoms with Gasteiger partial charge in [-0.15, -0.1) is 0 Å². The van der Waals surface area contributed by atoms with Crippen molar-refractivity contribution in [2.45, 2.75) is 31.8 Å². The minimum Gasteiger partial charge on any atom is -0.509 e. The number of hydrogen-bond acceptors (Lipinski definition) is 4. The molecule has 34 heavy (non-hydrogen) atoms. The summed E-state index contributed by atoms with van der Waals surface area (Å²) in [4.78, 5) is 26.2. The lowest BCUT2D eigenvalue weighted by molar-refractivity contribution is -0.160. The molecular weight excluding hydrogens is 529 g/mol. The van der Waals surface area contributed by atoms with Crippen molar-refractivity contribution in [3.05, 3.63) is 74.7 Å². The number of halogens is 6. The van der Waals surface area contributed by atoms with Crippen molar-refractivity contribution in [3.8, 4) is 0 Å². The number of aliphatic hydroxyl groups excluding tert-OH is 1. The molecule has 2 aromatic carbocycles. The molecule has 0 saturated carbocycles. The highest BCUT2D eigenvalue weighted by Gasteiger charge is 2.52. The van der Waals surface area contributed by atoms with Crippen LogP contribution < -0.4 is 5.32 Å². The van der Waals surface area contributed by atoms with Gasteiger partial charge in [-0.3, -0.25) is 14.6 Å². The molecule has 0 radical (unpaired) electrons. The number of aliphatic hydroxyl groups is 1. The van der Waals surface area contributed by atoms with E-state index in [1.807, 2.05) is 0 Å². The minimum atomic E-state index is -1.66. The molecule has 2 aliphatic rings. The van der Waals surface area contributed by atoms with E-state index in [-0.39, 0.29) is 17.8 Å². The Kier molecular flexibility index (Phi) is 6.15. The number of rotatable bonds is 4. The van der Waals surface area contributed by atoms with Crippen molar-refractivity contribution in [2.24, 2.45) is 0 Å². The van der Waals surface area contributed by atoms with Gasteiger partial charge in [0, 0.05) is 12.2 Å². The Morgan fingerprint density at radius 1 is 1.09 bits per heavy atom. The third kappa shape index (κ3) is 3.94. The molecule has 0 bridgehead atoms. The van der Waals surface area contributed by atoms with E-state index in [1.165, 1.54) is 5.01 Å². The predicted molar refractivity (Wildman–Crippen MR) is 114 cm³/mol. The number of hydrogen-bond donors (Lipinski definition) is 2. The van der Waals surface area contributed by atoms with Gasteiger partial charge in [-0.1, -0.05) is 0 Å². The minimum absolute atomic E-state index is 0.0859. The van der Waals surface area contributed by atoms with Crippen LogP contribution in [-0.2, 0) is 16.1 Å². The molecule has 4 rings (SSSR count). The standard InChI is InChI=1S/C22H17BrF5N3O3/c1-22-3-2-4-31(22)30(9-10-5-14(26)18(28)15(27)6-10)21(34)16(19(22)32)20(33)29-11-7-12(24)17(23)13(25)8-11/h5-8,32H,2-4,9H2,1H3,(H,29,33)/t22-/m1/s1. The Balaban J connectivity index is 1.71. The normalized spacial score (nSPS) is 20.7. The van der Waals surface area contributed by atoms with Crippen LogP contribution in [0.4, 0.5) is 27.6 Å². The van der Waals surface area contributed by atoms with Gasteiger partial charge in [0.05, 0.1) is 16.6 Å². The number of nitrogens with one attached hydrogen (secondary N) is 1. The van der Waals surface area contributed by atoms with Crippen molar-refractivity contribution in [1.29, 1.82) is 0 Å². The van der Waals surface area contributed by atoms with Gasteiger partial charge in [-0.2, -0.15) is 0 Å². The SMILES string of the molecule is C[C@]12CCCN1N(Cc1cc(F)c(F)c(F)c1)C(=O)C(C(=O)Nc1cc(F)c(Br)c(F)c1)=C2O. The van der Waals surface area contributed by atoms with Gasteiger partial charge in [0.15, 0.2) is 17.5 Å². The van der Waals surface area contributed by atoms with Crippen LogP contribution in [0.15, 0.2) is 40.1 Å². The first-order chi connectivity index (χ1) is 15.9. The van der Waals surface area contributed by atoms with E-state index in [4.69, 9.17) is 0 Å². The maximum Gasteiger partial charge on any atom is 0.277 e. The zero-order valence-electron chi connectivity index (χ0n) is 17.6. The smallest absolute Gasteiger partial charge is 0.277 e. The fourth-order valence-electron chi connectivity index (χ4n) is 4.24. The fourth-order valence-corrected chi connectivity index (χ4v) is 4.47. The van der Waals surface area contributed by atoms with Gasteiger partial charge in [-0.05, 0) is 65.5 Å². The third-order valence-electron chi connectivity index (χ3n) is 5.93. The van der Waals surface area contributed by atoms with Crippen molar-refractivity contribution in [3.63, 3.8) is 0 Å². The summed E-state index contributed by atoms with van der Waals surface area (Å²) in [5, 5.41) is 15.6. The van der Waals surface area contributed by atoms with Crippen LogP contribution >= 0.6 is 15.9 Å². The van der Waals surface area contributed by atoms with Crippen LogP contribution in [0, 0.1) is 29.1 Å². The Bertz CT molecular complexity index is 1210. The number of anilines is 1. The van der Waals surface area contributed by atoms with E-state index in [1.54, 1.807) is 6.92 Å². The Morgan fingerprint density at radius 2 is 1.68 bits per heavy atom. The topological polar surface area (TPSA) is 72.9 Å². The molecule has 2 heterocycles. The molecule has 0 aliphatic carbocycles. The van der Waals surface area contributed by atoms with E-state index >= 15 is 0 Å². The summed E-state index contributed by atoms with van der Waals surface area (Å²) >= 11 is 2.71. The average Bonchev–Trinajstić information content (AvgIpc) is 3.16. The molecule has 12 heteroatoms. The maximum absolute atomic E-state index is 13.9. The quantitative estimate of drug-likeness (QED) is 0.331. The summed E-state index contributed by atoms with van der Waals surface area (Å²) in [7, 11) is 0.